The van der Waals surface area contributed by atoms with Crippen LogP contribution in [-0.4, -0.2) is 16.5 Å². The molecule has 0 saturated heterocycles. The maximum Gasteiger partial charge on any atom is 0.319 e. The zero-order chi connectivity index (χ0) is 13.5. The first-order valence-electron chi connectivity index (χ1n) is 6.34. The molecular weight excluding hydrogens is 262 g/mol. The van der Waals surface area contributed by atoms with Gasteiger partial charge >= 0.3 is 5.69 Å². The smallest absolute Gasteiger partial charge is 0.319 e. The number of fused-ring (bicyclic) bond motifs is 1. The molecule has 1 aliphatic rings. The van der Waals surface area contributed by atoms with Gasteiger partial charge in [-0.15, -0.1) is 11.3 Å². The van der Waals surface area contributed by atoms with Gasteiger partial charge in [-0.2, -0.15) is 0 Å². The molecule has 3 rings (SSSR count). The Balaban J connectivity index is 1.93. The molecule has 1 saturated carbocycles. The van der Waals surface area contributed by atoms with Gasteiger partial charge in [-0.3, -0.25) is 10.1 Å². The van der Waals surface area contributed by atoms with Gasteiger partial charge in [0.2, 0.25) is 0 Å². The average molecular weight is 277 g/mol. The van der Waals surface area contributed by atoms with Gasteiger partial charge in [0, 0.05) is 6.54 Å². The Morgan fingerprint density at radius 2 is 2.32 bits per heavy atom. The second-order valence-corrected chi connectivity index (χ2v) is 6.32. The summed E-state index contributed by atoms with van der Waals surface area (Å²) in [6, 6.07) is 3.69. The highest BCUT2D eigenvalue weighted by Gasteiger charge is 2.32. The van der Waals surface area contributed by atoms with Crippen molar-refractivity contribution in [3.05, 3.63) is 27.8 Å². The van der Waals surface area contributed by atoms with Crippen LogP contribution in [0, 0.1) is 15.5 Å². The second kappa shape index (κ2) is 4.45. The second-order valence-electron chi connectivity index (χ2n) is 5.44. The number of nitro benzene ring substituents is 1. The van der Waals surface area contributed by atoms with Gasteiger partial charge < -0.3 is 5.32 Å². The Hall–Kier alpha value is -1.69. The van der Waals surface area contributed by atoms with E-state index >= 15 is 0 Å². The minimum absolute atomic E-state index is 0.0988. The van der Waals surface area contributed by atoms with E-state index in [1.54, 1.807) is 11.6 Å². The number of aromatic nitrogens is 1. The van der Waals surface area contributed by atoms with Crippen LogP contribution in [-0.2, 0) is 0 Å². The number of rotatable bonds is 4. The molecule has 0 radical (unpaired) electrons. The van der Waals surface area contributed by atoms with Gasteiger partial charge in [-0.05, 0) is 30.4 Å². The van der Waals surface area contributed by atoms with E-state index in [1.807, 2.05) is 6.07 Å². The lowest BCUT2D eigenvalue weighted by atomic mass is 9.70. The Bertz CT molecular complexity index is 634. The van der Waals surface area contributed by atoms with E-state index < -0.39 is 0 Å². The fourth-order valence-electron chi connectivity index (χ4n) is 2.51. The predicted molar refractivity (Wildman–Crippen MR) is 76.7 cm³/mol. The fraction of sp³-hybridized carbons (Fsp3) is 0.462. The summed E-state index contributed by atoms with van der Waals surface area (Å²) in [5.74, 6) is 0. The highest BCUT2D eigenvalue weighted by molar-refractivity contribution is 7.16. The van der Waals surface area contributed by atoms with Crippen LogP contribution in [0.2, 0.25) is 0 Å². The molecular formula is C13H15N3O2S. The lowest BCUT2D eigenvalue weighted by Crippen LogP contribution is -2.33. The molecule has 1 aromatic carbocycles. The normalized spacial score (nSPS) is 17.1. The molecule has 1 heterocycles. The highest BCUT2D eigenvalue weighted by atomic mass is 32.1. The standard InChI is InChI=1S/C13H15N3O2S/c1-13(5-2-6-13)7-14-9-3-4-10-11(15-8-19-10)12(9)16(17)18/h3-4,8,14H,2,5-7H2,1H3. The van der Waals surface area contributed by atoms with Gasteiger partial charge in [0.05, 0.1) is 15.1 Å². The number of hydrogen-bond acceptors (Lipinski definition) is 5. The molecule has 1 N–H and O–H groups in total. The van der Waals surface area contributed by atoms with E-state index in [0.29, 0.717) is 11.2 Å². The van der Waals surface area contributed by atoms with E-state index in [2.05, 4.69) is 17.2 Å². The van der Waals surface area contributed by atoms with Crippen LogP contribution in [0.1, 0.15) is 26.2 Å². The Labute approximate surface area is 114 Å². The van der Waals surface area contributed by atoms with Crippen molar-refractivity contribution >= 4 is 32.9 Å². The minimum Gasteiger partial charge on any atom is -0.379 e. The first kappa shape index (κ1) is 12.3. The van der Waals surface area contributed by atoms with Gasteiger partial charge in [-0.1, -0.05) is 13.3 Å². The van der Waals surface area contributed by atoms with Crippen LogP contribution in [0.3, 0.4) is 0 Å². The van der Waals surface area contributed by atoms with Crippen molar-refractivity contribution in [1.29, 1.82) is 0 Å². The number of anilines is 1. The zero-order valence-corrected chi connectivity index (χ0v) is 11.5. The molecule has 0 atom stereocenters. The van der Waals surface area contributed by atoms with Crippen molar-refractivity contribution in [1.82, 2.24) is 4.98 Å². The van der Waals surface area contributed by atoms with E-state index in [9.17, 15) is 10.1 Å². The molecule has 1 aliphatic carbocycles. The number of benzene rings is 1. The third kappa shape index (κ3) is 2.16. The summed E-state index contributed by atoms with van der Waals surface area (Å²) >= 11 is 1.42. The van der Waals surface area contributed by atoms with Gasteiger partial charge in [0.25, 0.3) is 0 Å². The van der Waals surface area contributed by atoms with Gasteiger partial charge in [0.15, 0.2) is 5.52 Å². The Morgan fingerprint density at radius 3 is 2.95 bits per heavy atom. The monoisotopic (exact) mass is 277 g/mol. The Kier molecular flexibility index (Phi) is 2.89. The maximum atomic E-state index is 11.3. The molecule has 0 aliphatic heterocycles. The van der Waals surface area contributed by atoms with Crippen molar-refractivity contribution in [3.63, 3.8) is 0 Å². The van der Waals surface area contributed by atoms with Crippen molar-refractivity contribution in [2.75, 3.05) is 11.9 Å². The summed E-state index contributed by atoms with van der Waals surface area (Å²) in [4.78, 5) is 15.0. The van der Waals surface area contributed by atoms with Crippen molar-refractivity contribution in [2.24, 2.45) is 5.41 Å². The van der Waals surface area contributed by atoms with E-state index in [-0.39, 0.29) is 16.0 Å². The van der Waals surface area contributed by atoms with E-state index in [1.165, 1.54) is 30.6 Å². The number of hydrogen-bond donors (Lipinski definition) is 1. The fourth-order valence-corrected chi connectivity index (χ4v) is 3.19. The third-order valence-electron chi connectivity index (χ3n) is 3.92. The molecule has 1 aromatic heterocycles. The SMILES string of the molecule is CC1(CNc2ccc3scnc3c2[N+](=O)[O-])CCC1. The summed E-state index contributed by atoms with van der Waals surface area (Å²) in [7, 11) is 0. The summed E-state index contributed by atoms with van der Waals surface area (Å²) in [5.41, 5.74) is 3.09. The van der Waals surface area contributed by atoms with Crippen LogP contribution < -0.4 is 5.32 Å². The average Bonchev–Trinajstić information content (AvgIpc) is 2.80. The number of thiazole rings is 1. The molecule has 6 heteroatoms. The van der Waals surface area contributed by atoms with Crippen LogP contribution in [0.5, 0.6) is 0 Å². The molecule has 1 fully saturated rings. The third-order valence-corrected chi connectivity index (χ3v) is 4.72. The maximum absolute atomic E-state index is 11.3. The minimum atomic E-state index is -0.340. The Morgan fingerprint density at radius 1 is 1.53 bits per heavy atom. The summed E-state index contributed by atoms with van der Waals surface area (Å²) in [5, 5.41) is 14.5. The molecule has 19 heavy (non-hydrogen) atoms. The van der Waals surface area contributed by atoms with Gasteiger partial charge in [0.1, 0.15) is 5.69 Å². The molecule has 0 unspecified atom stereocenters. The predicted octanol–water partition coefficient (Wildman–Crippen LogP) is 3.81. The summed E-state index contributed by atoms with van der Waals surface area (Å²) in [6.45, 7) is 3.00. The summed E-state index contributed by atoms with van der Waals surface area (Å²) in [6.07, 6.45) is 3.63. The summed E-state index contributed by atoms with van der Waals surface area (Å²) < 4.78 is 0.854. The zero-order valence-electron chi connectivity index (χ0n) is 10.7. The van der Waals surface area contributed by atoms with Crippen molar-refractivity contribution in [3.8, 4) is 0 Å². The molecule has 0 bridgehead atoms. The number of nitro groups is 1. The molecule has 2 aromatic rings. The molecule has 5 nitrogen and oxygen atoms in total. The van der Waals surface area contributed by atoms with Crippen LogP contribution in [0.4, 0.5) is 11.4 Å². The van der Waals surface area contributed by atoms with Crippen LogP contribution >= 0.6 is 11.3 Å². The number of nitrogens with one attached hydrogen (secondary N) is 1. The van der Waals surface area contributed by atoms with Crippen molar-refractivity contribution < 1.29 is 4.92 Å². The highest BCUT2D eigenvalue weighted by Crippen LogP contribution is 2.41. The lowest BCUT2D eigenvalue weighted by Gasteiger charge is -2.38. The first-order chi connectivity index (χ1) is 9.09. The topological polar surface area (TPSA) is 68.1 Å². The van der Waals surface area contributed by atoms with E-state index in [0.717, 1.165) is 11.2 Å². The largest absolute Gasteiger partial charge is 0.379 e. The van der Waals surface area contributed by atoms with Crippen LogP contribution in [0.15, 0.2) is 17.6 Å². The van der Waals surface area contributed by atoms with Crippen molar-refractivity contribution in [2.45, 2.75) is 26.2 Å². The van der Waals surface area contributed by atoms with Gasteiger partial charge in [-0.25, -0.2) is 4.98 Å². The lowest BCUT2D eigenvalue weighted by molar-refractivity contribution is -0.382. The van der Waals surface area contributed by atoms with Crippen LogP contribution in [0.25, 0.3) is 10.2 Å². The quantitative estimate of drug-likeness (QED) is 0.681. The van der Waals surface area contributed by atoms with E-state index in [4.69, 9.17) is 0 Å². The molecule has 0 spiro atoms. The molecule has 0 amide bonds. The molecule has 100 valence electrons. The first-order valence-corrected chi connectivity index (χ1v) is 7.21. The number of nitrogens with zero attached hydrogens (tertiary/aromatic N) is 2.